The summed E-state index contributed by atoms with van der Waals surface area (Å²) in [6, 6.07) is 7.32. The zero-order chi connectivity index (χ0) is 18.0. The first-order chi connectivity index (χ1) is 11.9. The summed E-state index contributed by atoms with van der Waals surface area (Å²) >= 11 is 0. The van der Waals surface area contributed by atoms with Gasteiger partial charge in [-0.2, -0.15) is 0 Å². The molecule has 0 saturated carbocycles. The number of nitrogens with one attached hydrogen (secondary N) is 2. The summed E-state index contributed by atoms with van der Waals surface area (Å²) in [6.45, 7) is 5.80. The molecule has 25 heavy (non-hydrogen) atoms. The minimum Gasteiger partial charge on any atom is -0.325 e. The van der Waals surface area contributed by atoms with Crippen LogP contribution in [0.5, 0.6) is 0 Å². The van der Waals surface area contributed by atoms with Crippen molar-refractivity contribution < 1.29 is 13.2 Å². The number of rotatable bonds is 5. The van der Waals surface area contributed by atoms with Gasteiger partial charge in [-0.05, 0) is 42.9 Å². The summed E-state index contributed by atoms with van der Waals surface area (Å²) < 4.78 is 26.8. The van der Waals surface area contributed by atoms with Gasteiger partial charge < -0.3 is 10.6 Å². The SMILES string of the molecule is CC(C)c1ccc(NC(=O)C2CC(S(=O)(=O)N3CCCC3)CN2)cc1. The van der Waals surface area contributed by atoms with Crippen LogP contribution in [0.15, 0.2) is 24.3 Å². The molecule has 0 bridgehead atoms. The van der Waals surface area contributed by atoms with E-state index >= 15 is 0 Å². The molecule has 2 N–H and O–H groups in total. The Labute approximate surface area is 150 Å². The number of carbonyl (C=O) groups is 1. The van der Waals surface area contributed by atoms with E-state index < -0.39 is 21.3 Å². The van der Waals surface area contributed by atoms with Crippen LogP contribution in [-0.4, -0.2) is 49.6 Å². The quantitative estimate of drug-likeness (QED) is 0.835. The van der Waals surface area contributed by atoms with Gasteiger partial charge in [0.25, 0.3) is 0 Å². The van der Waals surface area contributed by atoms with Gasteiger partial charge in [0.2, 0.25) is 15.9 Å². The Morgan fingerprint density at radius 1 is 1.20 bits per heavy atom. The van der Waals surface area contributed by atoms with Crippen molar-refractivity contribution in [2.45, 2.75) is 50.3 Å². The maximum Gasteiger partial charge on any atom is 0.241 e. The fraction of sp³-hybridized carbons (Fsp3) is 0.611. The largest absolute Gasteiger partial charge is 0.325 e. The van der Waals surface area contributed by atoms with Crippen molar-refractivity contribution in [1.82, 2.24) is 9.62 Å². The molecular formula is C18H27N3O3S. The van der Waals surface area contributed by atoms with Crippen LogP contribution in [-0.2, 0) is 14.8 Å². The van der Waals surface area contributed by atoms with E-state index in [1.54, 1.807) is 4.31 Å². The molecule has 0 aliphatic carbocycles. The second kappa shape index (κ2) is 7.43. The molecule has 1 aromatic carbocycles. The van der Waals surface area contributed by atoms with E-state index in [4.69, 9.17) is 0 Å². The molecule has 3 rings (SSSR count). The molecule has 1 aromatic rings. The summed E-state index contributed by atoms with van der Waals surface area (Å²) in [5, 5.41) is 5.44. The molecule has 1 amide bonds. The number of carbonyl (C=O) groups excluding carboxylic acids is 1. The third-order valence-electron chi connectivity index (χ3n) is 5.10. The molecule has 2 heterocycles. The van der Waals surface area contributed by atoms with Crippen LogP contribution in [0.3, 0.4) is 0 Å². The van der Waals surface area contributed by atoms with Gasteiger partial charge in [0.1, 0.15) is 0 Å². The highest BCUT2D eigenvalue weighted by atomic mass is 32.2. The van der Waals surface area contributed by atoms with Crippen molar-refractivity contribution in [2.24, 2.45) is 0 Å². The summed E-state index contributed by atoms with van der Waals surface area (Å²) in [6.07, 6.45) is 2.18. The van der Waals surface area contributed by atoms with E-state index in [-0.39, 0.29) is 5.91 Å². The Balaban J connectivity index is 1.59. The fourth-order valence-corrected chi connectivity index (χ4v) is 5.40. The van der Waals surface area contributed by atoms with Gasteiger partial charge in [-0.25, -0.2) is 12.7 Å². The van der Waals surface area contributed by atoms with Crippen molar-refractivity contribution in [3.63, 3.8) is 0 Å². The van der Waals surface area contributed by atoms with Crippen LogP contribution < -0.4 is 10.6 Å². The van der Waals surface area contributed by atoms with E-state index in [0.717, 1.165) is 18.5 Å². The lowest BCUT2D eigenvalue weighted by atomic mass is 10.0. The molecule has 2 atom stereocenters. The number of sulfonamides is 1. The second-order valence-electron chi connectivity index (χ2n) is 7.24. The summed E-state index contributed by atoms with van der Waals surface area (Å²) in [5.74, 6) is 0.272. The molecule has 0 aromatic heterocycles. The molecule has 2 fully saturated rings. The lowest BCUT2D eigenvalue weighted by Gasteiger charge is -2.20. The fourth-order valence-electron chi connectivity index (χ4n) is 3.46. The maximum atomic E-state index is 12.6. The predicted octanol–water partition coefficient (Wildman–Crippen LogP) is 1.90. The van der Waals surface area contributed by atoms with Gasteiger partial charge in [0, 0.05) is 25.3 Å². The Hall–Kier alpha value is -1.44. The van der Waals surface area contributed by atoms with Gasteiger partial charge in [0.05, 0.1) is 11.3 Å². The first-order valence-electron chi connectivity index (χ1n) is 9.01. The van der Waals surface area contributed by atoms with Gasteiger partial charge in [-0.1, -0.05) is 26.0 Å². The van der Waals surface area contributed by atoms with Crippen molar-refractivity contribution in [3.8, 4) is 0 Å². The highest BCUT2D eigenvalue weighted by Crippen LogP contribution is 2.23. The number of hydrogen-bond acceptors (Lipinski definition) is 4. The van der Waals surface area contributed by atoms with E-state index in [9.17, 15) is 13.2 Å². The van der Waals surface area contributed by atoms with E-state index in [2.05, 4.69) is 24.5 Å². The van der Waals surface area contributed by atoms with Crippen molar-refractivity contribution in [2.75, 3.05) is 25.0 Å². The molecular weight excluding hydrogens is 338 g/mol. The highest BCUT2D eigenvalue weighted by molar-refractivity contribution is 7.89. The average Bonchev–Trinajstić information content (AvgIpc) is 3.27. The first kappa shape index (κ1) is 18.4. The molecule has 7 heteroatoms. The number of amides is 1. The normalized spacial score (nSPS) is 24.8. The van der Waals surface area contributed by atoms with Crippen LogP contribution in [0.2, 0.25) is 0 Å². The Morgan fingerprint density at radius 2 is 1.84 bits per heavy atom. The van der Waals surface area contributed by atoms with Crippen LogP contribution in [0, 0.1) is 0 Å². The highest BCUT2D eigenvalue weighted by Gasteiger charge is 2.40. The smallest absolute Gasteiger partial charge is 0.241 e. The van der Waals surface area contributed by atoms with Crippen LogP contribution in [0.25, 0.3) is 0 Å². The number of anilines is 1. The van der Waals surface area contributed by atoms with Gasteiger partial charge in [-0.3, -0.25) is 4.79 Å². The van der Waals surface area contributed by atoms with Crippen molar-refractivity contribution in [1.29, 1.82) is 0 Å². The molecule has 138 valence electrons. The zero-order valence-corrected chi connectivity index (χ0v) is 15.7. The molecule has 2 unspecified atom stereocenters. The molecule has 2 aliphatic heterocycles. The van der Waals surface area contributed by atoms with Gasteiger partial charge in [-0.15, -0.1) is 0 Å². The summed E-state index contributed by atoms with van der Waals surface area (Å²) in [4.78, 5) is 12.4. The molecule has 2 aliphatic rings. The zero-order valence-electron chi connectivity index (χ0n) is 14.9. The standard InChI is InChI=1S/C18H27N3O3S/c1-13(2)14-5-7-15(8-6-14)20-18(22)17-11-16(12-19-17)25(23,24)21-9-3-4-10-21/h5-8,13,16-17,19H,3-4,9-12H2,1-2H3,(H,20,22). The molecule has 2 saturated heterocycles. The van der Waals surface area contributed by atoms with Crippen LogP contribution >= 0.6 is 0 Å². The maximum absolute atomic E-state index is 12.6. The Kier molecular flexibility index (Phi) is 5.46. The minimum atomic E-state index is -3.30. The van der Waals surface area contributed by atoms with E-state index in [1.165, 1.54) is 5.56 Å². The van der Waals surface area contributed by atoms with Gasteiger partial charge >= 0.3 is 0 Å². The Bertz CT molecular complexity index is 710. The third kappa shape index (κ3) is 4.04. The predicted molar refractivity (Wildman–Crippen MR) is 99.1 cm³/mol. The number of hydrogen-bond donors (Lipinski definition) is 2. The Morgan fingerprint density at radius 3 is 2.44 bits per heavy atom. The van der Waals surface area contributed by atoms with E-state index in [0.29, 0.717) is 32.0 Å². The lowest BCUT2D eigenvalue weighted by molar-refractivity contribution is -0.117. The second-order valence-corrected chi connectivity index (χ2v) is 9.45. The number of benzene rings is 1. The van der Waals surface area contributed by atoms with Crippen molar-refractivity contribution in [3.05, 3.63) is 29.8 Å². The molecule has 0 spiro atoms. The lowest BCUT2D eigenvalue weighted by Crippen LogP contribution is -2.37. The van der Waals surface area contributed by atoms with Crippen LogP contribution in [0.1, 0.15) is 44.6 Å². The molecule has 0 radical (unpaired) electrons. The van der Waals surface area contributed by atoms with Gasteiger partial charge in [0.15, 0.2) is 0 Å². The first-order valence-corrected chi connectivity index (χ1v) is 10.5. The molecule has 6 nitrogen and oxygen atoms in total. The average molecular weight is 365 g/mol. The van der Waals surface area contributed by atoms with Crippen LogP contribution in [0.4, 0.5) is 5.69 Å². The number of nitrogens with zero attached hydrogens (tertiary/aromatic N) is 1. The topological polar surface area (TPSA) is 78.5 Å². The van der Waals surface area contributed by atoms with E-state index in [1.807, 2.05) is 24.3 Å². The monoisotopic (exact) mass is 365 g/mol. The van der Waals surface area contributed by atoms with Crippen molar-refractivity contribution >= 4 is 21.6 Å². The summed E-state index contributed by atoms with van der Waals surface area (Å²) in [7, 11) is -3.30. The third-order valence-corrected chi connectivity index (χ3v) is 7.38. The minimum absolute atomic E-state index is 0.170. The summed E-state index contributed by atoms with van der Waals surface area (Å²) in [5.41, 5.74) is 1.95.